The smallest absolute Gasteiger partial charge is 0.326 e. The van der Waals surface area contributed by atoms with Crippen molar-refractivity contribution in [2.24, 2.45) is 5.41 Å². The molecular formula is C17H25FN2O5S. The van der Waals surface area contributed by atoms with Gasteiger partial charge in [0.2, 0.25) is 15.9 Å². The number of amides is 1. The van der Waals surface area contributed by atoms with E-state index in [-0.39, 0.29) is 29.7 Å². The Labute approximate surface area is 153 Å². The van der Waals surface area contributed by atoms with Crippen LogP contribution in [-0.4, -0.2) is 38.0 Å². The number of rotatable bonds is 9. The van der Waals surface area contributed by atoms with E-state index in [2.05, 4.69) is 10.0 Å². The molecular weight excluding hydrogens is 363 g/mol. The maximum Gasteiger partial charge on any atom is 0.326 e. The number of carboxylic acids is 1. The third-order valence-electron chi connectivity index (χ3n) is 3.58. The summed E-state index contributed by atoms with van der Waals surface area (Å²) < 4.78 is 39.1. The summed E-state index contributed by atoms with van der Waals surface area (Å²) in [5.74, 6) is -2.25. The van der Waals surface area contributed by atoms with Crippen LogP contribution in [-0.2, 0) is 19.6 Å². The fourth-order valence-electron chi connectivity index (χ4n) is 2.10. The SMILES string of the molecule is CC(C)(C)CCC(NC(=O)CCNS(=O)(=O)c1ccc(F)cc1)C(=O)O. The van der Waals surface area contributed by atoms with Crippen molar-refractivity contribution >= 4 is 21.9 Å². The summed E-state index contributed by atoms with van der Waals surface area (Å²) in [4.78, 5) is 23.0. The summed E-state index contributed by atoms with van der Waals surface area (Å²) in [5.41, 5.74) is -0.0663. The van der Waals surface area contributed by atoms with Gasteiger partial charge in [-0.05, 0) is 42.5 Å². The van der Waals surface area contributed by atoms with E-state index in [0.717, 1.165) is 24.3 Å². The number of carbonyl (C=O) groups is 2. The summed E-state index contributed by atoms with van der Waals surface area (Å²) >= 11 is 0. The van der Waals surface area contributed by atoms with Gasteiger partial charge in [-0.1, -0.05) is 20.8 Å². The fraction of sp³-hybridized carbons (Fsp3) is 0.529. The molecule has 1 amide bonds. The van der Waals surface area contributed by atoms with Crippen LogP contribution in [0.25, 0.3) is 0 Å². The highest BCUT2D eigenvalue weighted by Gasteiger charge is 2.23. The molecule has 0 aromatic heterocycles. The number of aliphatic carboxylic acids is 1. The first kappa shape index (κ1) is 22.0. The number of hydrogen-bond donors (Lipinski definition) is 3. The monoisotopic (exact) mass is 388 g/mol. The third kappa shape index (κ3) is 7.92. The summed E-state index contributed by atoms with van der Waals surface area (Å²) in [6.07, 6.45) is 0.688. The molecule has 0 fully saturated rings. The average Bonchev–Trinajstić information content (AvgIpc) is 2.50. The van der Waals surface area contributed by atoms with Crippen molar-refractivity contribution in [1.82, 2.24) is 10.0 Å². The van der Waals surface area contributed by atoms with Crippen LogP contribution in [0.5, 0.6) is 0 Å². The molecule has 0 aliphatic rings. The summed E-state index contributed by atoms with van der Waals surface area (Å²) in [7, 11) is -3.86. The highest BCUT2D eigenvalue weighted by atomic mass is 32.2. The van der Waals surface area contributed by atoms with Crippen LogP contribution in [0.15, 0.2) is 29.2 Å². The number of carbonyl (C=O) groups excluding carboxylic acids is 1. The fourth-order valence-corrected chi connectivity index (χ4v) is 3.13. The lowest BCUT2D eigenvalue weighted by Gasteiger charge is -2.21. The van der Waals surface area contributed by atoms with Gasteiger partial charge in [0.05, 0.1) is 4.90 Å². The van der Waals surface area contributed by atoms with Gasteiger partial charge in [0.15, 0.2) is 0 Å². The zero-order chi connectivity index (χ0) is 20.0. The van der Waals surface area contributed by atoms with Crippen molar-refractivity contribution in [1.29, 1.82) is 0 Å². The largest absolute Gasteiger partial charge is 0.480 e. The van der Waals surface area contributed by atoms with Gasteiger partial charge < -0.3 is 10.4 Å². The predicted octanol–water partition coefficient (Wildman–Crippen LogP) is 1.89. The lowest BCUT2D eigenvalue weighted by Crippen LogP contribution is -2.42. The minimum atomic E-state index is -3.86. The molecule has 26 heavy (non-hydrogen) atoms. The molecule has 0 saturated heterocycles. The van der Waals surface area contributed by atoms with Crippen molar-refractivity contribution < 1.29 is 27.5 Å². The zero-order valence-corrected chi connectivity index (χ0v) is 15.9. The van der Waals surface area contributed by atoms with Crippen molar-refractivity contribution in [2.45, 2.75) is 51.0 Å². The Morgan fingerprint density at radius 1 is 1.19 bits per heavy atom. The highest BCUT2D eigenvalue weighted by Crippen LogP contribution is 2.21. The molecule has 1 unspecified atom stereocenters. The first-order valence-corrected chi connectivity index (χ1v) is 9.66. The van der Waals surface area contributed by atoms with Crippen molar-refractivity contribution in [3.8, 4) is 0 Å². The molecule has 3 N–H and O–H groups in total. The van der Waals surface area contributed by atoms with Crippen LogP contribution in [0.4, 0.5) is 4.39 Å². The van der Waals surface area contributed by atoms with Crippen molar-refractivity contribution in [3.63, 3.8) is 0 Å². The van der Waals surface area contributed by atoms with Crippen LogP contribution >= 0.6 is 0 Å². The predicted molar refractivity (Wildman–Crippen MR) is 94.5 cm³/mol. The van der Waals surface area contributed by atoms with Crippen LogP contribution < -0.4 is 10.0 Å². The molecule has 1 aromatic carbocycles. The molecule has 0 aliphatic heterocycles. The highest BCUT2D eigenvalue weighted by molar-refractivity contribution is 7.89. The van der Waals surface area contributed by atoms with Crippen LogP contribution in [0.2, 0.25) is 0 Å². The lowest BCUT2D eigenvalue weighted by atomic mass is 9.88. The van der Waals surface area contributed by atoms with E-state index in [9.17, 15) is 27.5 Å². The number of hydrogen-bond acceptors (Lipinski definition) is 4. The second-order valence-corrected chi connectivity index (χ2v) is 8.93. The molecule has 9 heteroatoms. The molecule has 0 aliphatic carbocycles. The Kier molecular flexibility index (Phi) is 7.70. The lowest BCUT2D eigenvalue weighted by molar-refractivity contribution is -0.142. The maximum absolute atomic E-state index is 12.8. The number of benzene rings is 1. The number of nitrogens with one attached hydrogen (secondary N) is 2. The molecule has 0 spiro atoms. The van der Waals surface area contributed by atoms with Gasteiger partial charge in [0.25, 0.3) is 0 Å². The molecule has 1 atom stereocenters. The summed E-state index contributed by atoms with van der Waals surface area (Å²) in [5, 5.41) is 11.6. The quantitative estimate of drug-likeness (QED) is 0.598. The normalized spacial score (nSPS) is 13.2. The second-order valence-electron chi connectivity index (χ2n) is 7.16. The van der Waals surface area contributed by atoms with Gasteiger partial charge in [-0.2, -0.15) is 0 Å². The van der Waals surface area contributed by atoms with Crippen LogP contribution in [0.1, 0.15) is 40.0 Å². The number of halogens is 1. The van der Waals surface area contributed by atoms with E-state index in [1.807, 2.05) is 20.8 Å². The molecule has 1 rings (SSSR count). The standard InChI is InChI=1S/C17H25FN2O5S/c1-17(2,3)10-8-14(16(22)23)20-15(21)9-11-19-26(24,25)13-6-4-12(18)5-7-13/h4-7,14,19H,8-11H2,1-3H3,(H,20,21)(H,22,23). The van der Waals surface area contributed by atoms with Crippen LogP contribution in [0, 0.1) is 11.2 Å². The Hall–Kier alpha value is -2.00. The molecule has 0 saturated carbocycles. The van der Waals surface area contributed by atoms with Gasteiger partial charge >= 0.3 is 5.97 Å². The van der Waals surface area contributed by atoms with Crippen molar-refractivity contribution in [2.75, 3.05) is 6.54 Å². The zero-order valence-electron chi connectivity index (χ0n) is 15.1. The number of carboxylic acid groups (broad SMARTS) is 1. The first-order chi connectivity index (χ1) is 11.9. The van der Waals surface area contributed by atoms with E-state index in [4.69, 9.17) is 0 Å². The summed E-state index contributed by atoms with van der Waals surface area (Å²) in [6, 6.07) is 3.26. The van der Waals surface area contributed by atoms with Crippen LogP contribution in [0.3, 0.4) is 0 Å². The van der Waals surface area contributed by atoms with Gasteiger partial charge in [0.1, 0.15) is 11.9 Å². The molecule has 7 nitrogen and oxygen atoms in total. The van der Waals surface area contributed by atoms with E-state index in [1.54, 1.807) is 0 Å². The first-order valence-electron chi connectivity index (χ1n) is 8.18. The number of sulfonamides is 1. The van der Waals surface area contributed by atoms with E-state index in [1.165, 1.54) is 0 Å². The minimum absolute atomic E-state index is 0.0663. The van der Waals surface area contributed by atoms with E-state index in [0.29, 0.717) is 6.42 Å². The molecule has 1 aromatic rings. The van der Waals surface area contributed by atoms with Gasteiger partial charge in [-0.3, -0.25) is 4.79 Å². The minimum Gasteiger partial charge on any atom is -0.480 e. The third-order valence-corrected chi connectivity index (χ3v) is 5.06. The Morgan fingerprint density at radius 3 is 2.27 bits per heavy atom. The van der Waals surface area contributed by atoms with Crippen molar-refractivity contribution in [3.05, 3.63) is 30.1 Å². The van der Waals surface area contributed by atoms with Gasteiger partial charge in [-0.25, -0.2) is 22.3 Å². The second kappa shape index (κ2) is 9.09. The van der Waals surface area contributed by atoms with Gasteiger partial charge in [-0.15, -0.1) is 0 Å². The molecule has 0 bridgehead atoms. The van der Waals surface area contributed by atoms with E-state index >= 15 is 0 Å². The van der Waals surface area contributed by atoms with E-state index < -0.39 is 33.8 Å². The molecule has 146 valence electrons. The Bertz CT molecular complexity index is 727. The Balaban J connectivity index is 2.52. The molecule has 0 radical (unpaired) electrons. The maximum atomic E-state index is 12.8. The average molecular weight is 388 g/mol. The Morgan fingerprint density at radius 2 is 1.77 bits per heavy atom. The summed E-state index contributed by atoms with van der Waals surface area (Å²) in [6.45, 7) is 5.71. The van der Waals surface area contributed by atoms with Gasteiger partial charge in [0, 0.05) is 13.0 Å². The molecule has 0 heterocycles. The topological polar surface area (TPSA) is 113 Å².